The molecule has 1 aromatic rings. The molecular formula is C15H20O2. The molecule has 0 atom stereocenters. The number of fused-ring (bicyclic) bond motifs is 1. The highest BCUT2D eigenvalue weighted by Crippen LogP contribution is 2.39. The molecule has 1 heterocycles. The Morgan fingerprint density at radius 2 is 2.12 bits per heavy atom. The largest absolute Gasteiger partial charge is 0.454 e. The van der Waals surface area contributed by atoms with Crippen LogP contribution in [-0.4, -0.2) is 6.79 Å². The number of hydrogen-bond donors (Lipinski definition) is 0. The lowest BCUT2D eigenvalue weighted by Gasteiger charge is -2.08. The first-order valence-corrected chi connectivity index (χ1v) is 6.39. The number of unbranched alkanes of at least 4 members (excludes halogenated alkanes) is 3. The van der Waals surface area contributed by atoms with Crippen LogP contribution in [0.25, 0.3) is 5.57 Å². The Morgan fingerprint density at radius 1 is 1.24 bits per heavy atom. The number of para-hydroxylation sites is 1. The molecule has 2 rings (SSSR count). The van der Waals surface area contributed by atoms with E-state index in [9.17, 15) is 0 Å². The molecule has 0 spiro atoms. The highest BCUT2D eigenvalue weighted by atomic mass is 16.7. The molecule has 1 aliphatic rings. The maximum Gasteiger partial charge on any atom is 0.231 e. The summed E-state index contributed by atoms with van der Waals surface area (Å²) in [4.78, 5) is 0. The van der Waals surface area contributed by atoms with Gasteiger partial charge in [0.1, 0.15) is 0 Å². The summed E-state index contributed by atoms with van der Waals surface area (Å²) in [5.74, 6) is 1.71. The second-order valence-electron chi connectivity index (χ2n) is 4.45. The first-order valence-electron chi connectivity index (χ1n) is 6.39. The van der Waals surface area contributed by atoms with Crippen molar-refractivity contribution in [2.24, 2.45) is 0 Å². The van der Waals surface area contributed by atoms with Crippen LogP contribution in [0, 0.1) is 0 Å². The fourth-order valence-electron chi connectivity index (χ4n) is 2.11. The summed E-state index contributed by atoms with van der Waals surface area (Å²) in [7, 11) is 0. The van der Waals surface area contributed by atoms with Crippen LogP contribution in [0.4, 0.5) is 0 Å². The summed E-state index contributed by atoms with van der Waals surface area (Å²) in [5, 5.41) is 0. The zero-order chi connectivity index (χ0) is 12.1. The standard InChI is InChI=1S/C15H20O2/c1-3-4-5-6-8-12(2)13-9-7-10-14-15(13)17-11-16-14/h7,9-10H,2-6,8,11H2,1H3. The third-order valence-corrected chi connectivity index (χ3v) is 3.11. The van der Waals surface area contributed by atoms with Gasteiger partial charge in [-0.15, -0.1) is 0 Å². The lowest BCUT2D eigenvalue weighted by molar-refractivity contribution is 0.173. The van der Waals surface area contributed by atoms with Gasteiger partial charge in [-0.25, -0.2) is 0 Å². The SMILES string of the molecule is C=C(CCCCCC)c1cccc2c1OCO2. The van der Waals surface area contributed by atoms with E-state index in [1.54, 1.807) is 0 Å². The number of rotatable bonds is 6. The average Bonchev–Trinajstić information content (AvgIpc) is 2.82. The van der Waals surface area contributed by atoms with Gasteiger partial charge in [-0.2, -0.15) is 0 Å². The quantitative estimate of drug-likeness (QED) is 0.677. The summed E-state index contributed by atoms with van der Waals surface area (Å²) in [6.07, 6.45) is 6.10. The van der Waals surface area contributed by atoms with Gasteiger partial charge in [0, 0.05) is 5.56 Å². The minimum absolute atomic E-state index is 0.329. The molecule has 0 radical (unpaired) electrons. The molecule has 1 aromatic carbocycles. The van der Waals surface area contributed by atoms with Crippen molar-refractivity contribution in [1.82, 2.24) is 0 Å². The Balaban J connectivity index is 1.97. The van der Waals surface area contributed by atoms with Crippen molar-refractivity contribution in [3.05, 3.63) is 30.3 Å². The van der Waals surface area contributed by atoms with Crippen molar-refractivity contribution in [1.29, 1.82) is 0 Å². The van der Waals surface area contributed by atoms with Crippen molar-refractivity contribution >= 4 is 5.57 Å². The van der Waals surface area contributed by atoms with Gasteiger partial charge in [0.15, 0.2) is 11.5 Å². The van der Waals surface area contributed by atoms with Crippen molar-refractivity contribution in [2.45, 2.75) is 39.0 Å². The third kappa shape index (κ3) is 2.82. The van der Waals surface area contributed by atoms with Gasteiger partial charge >= 0.3 is 0 Å². The summed E-state index contributed by atoms with van der Waals surface area (Å²) >= 11 is 0. The highest BCUT2D eigenvalue weighted by molar-refractivity contribution is 5.72. The first-order chi connectivity index (χ1) is 8.33. The third-order valence-electron chi connectivity index (χ3n) is 3.11. The molecule has 0 bridgehead atoms. The van der Waals surface area contributed by atoms with Crippen LogP contribution in [0.15, 0.2) is 24.8 Å². The van der Waals surface area contributed by atoms with Crippen molar-refractivity contribution in [3.63, 3.8) is 0 Å². The van der Waals surface area contributed by atoms with Crippen LogP contribution < -0.4 is 9.47 Å². The van der Waals surface area contributed by atoms with E-state index in [4.69, 9.17) is 9.47 Å². The van der Waals surface area contributed by atoms with E-state index in [-0.39, 0.29) is 0 Å². The predicted octanol–water partition coefficient (Wildman–Crippen LogP) is 4.40. The van der Waals surface area contributed by atoms with Gasteiger partial charge in [0.25, 0.3) is 0 Å². The smallest absolute Gasteiger partial charge is 0.231 e. The molecular weight excluding hydrogens is 212 g/mol. The summed E-state index contributed by atoms with van der Waals surface area (Å²) < 4.78 is 10.9. The van der Waals surface area contributed by atoms with E-state index in [1.807, 2.05) is 12.1 Å². The maximum absolute atomic E-state index is 5.50. The molecule has 92 valence electrons. The van der Waals surface area contributed by atoms with Crippen LogP contribution in [0.2, 0.25) is 0 Å². The van der Waals surface area contributed by atoms with Crippen LogP contribution in [0.5, 0.6) is 11.5 Å². The van der Waals surface area contributed by atoms with Gasteiger partial charge < -0.3 is 9.47 Å². The van der Waals surface area contributed by atoms with Crippen molar-refractivity contribution in [3.8, 4) is 11.5 Å². The van der Waals surface area contributed by atoms with Crippen LogP contribution in [0.3, 0.4) is 0 Å². The monoisotopic (exact) mass is 232 g/mol. The molecule has 0 aliphatic carbocycles. The Bertz CT molecular complexity index is 396. The molecule has 0 aromatic heterocycles. The highest BCUT2D eigenvalue weighted by Gasteiger charge is 2.18. The van der Waals surface area contributed by atoms with E-state index >= 15 is 0 Å². The zero-order valence-electron chi connectivity index (χ0n) is 10.5. The average molecular weight is 232 g/mol. The fourth-order valence-corrected chi connectivity index (χ4v) is 2.11. The Labute approximate surface area is 103 Å². The first kappa shape index (κ1) is 12.0. The Kier molecular flexibility index (Phi) is 4.08. The molecule has 0 saturated heterocycles. The Hall–Kier alpha value is -1.44. The fraction of sp³-hybridized carbons (Fsp3) is 0.467. The number of allylic oxidation sites excluding steroid dienone is 1. The molecule has 0 amide bonds. The zero-order valence-corrected chi connectivity index (χ0v) is 10.5. The molecule has 17 heavy (non-hydrogen) atoms. The normalized spacial score (nSPS) is 12.8. The second kappa shape index (κ2) is 5.76. The van der Waals surface area contributed by atoms with Crippen molar-refractivity contribution < 1.29 is 9.47 Å². The lowest BCUT2D eigenvalue weighted by Crippen LogP contribution is -1.94. The predicted molar refractivity (Wildman–Crippen MR) is 70.4 cm³/mol. The lowest BCUT2D eigenvalue weighted by atomic mass is 10.00. The van der Waals surface area contributed by atoms with Crippen LogP contribution >= 0.6 is 0 Å². The number of ether oxygens (including phenoxy) is 2. The molecule has 2 nitrogen and oxygen atoms in total. The van der Waals surface area contributed by atoms with Gasteiger partial charge in [-0.05, 0) is 24.5 Å². The van der Waals surface area contributed by atoms with Gasteiger partial charge in [-0.1, -0.05) is 44.9 Å². The van der Waals surface area contributed by atoms with Gasteiger partial charge in [0.05, 0.1) is 0 Å². The molecule has 0 saturated carbocycles. The molecule has 0 fully saturated rings. The second-order valence-corrected chi connectivity index (χ2v) is 4.45. The summed E-state index contributed by atoms with van der Waals surface area (Å²) in [6, 6.07) is 6.01. The minimum atomic E-state index is 0.329. The van der Waals surface area contributed by atoms with Gasteiger partial charge in [-0.3, -0.25) is 0 Å². The molecule has 0 N–H and O–H groups in total. The Morgan fingerprint density at radius 3 is 2.94 bits per heavy atom. The maximum atomic E-state index is 5.50. The summed E-state index contributed by atoms with van der Waals surface area (Å²) in [6.45, 7) is 6.72. The number of hydrogen-bond acceptors (Lipinski definition) is 2. The van der Waals surface area contributed by atoms with E-state index in [1.165, 1.54) is 25.7 Å². The van der Waals surface area contributed by atoms with E-state index < -0.39 is 0 Å². The van der Waals surface area contributed by atoms with E-state index in [0.717, 1.165) is 29.1 Å². The topological polar surface area (TPSA) is 18.5 Å². The van der Waals surface area contributed by atoms with Gasteiger partial charge in [0.2, 0.25) is 6.79 Å². The number of benzene rings is 1. The van der Waals surface area contributed by atoms with Crippen LogP contribution in [-0.2, 0) is 0 Å². The molecule has 2 heteroatoms. The summed E-state index contributed by atoms with van der Waals surface area (Å²) in [5.41, 5.74) is 2.26. The molecule has 0 unspecified atom stereocenters. The molecule has 1 aliphatic heterocycles. The van der Waals surface area contributed by atoms with Crippen LogP contribution in [0.1, 0.15) is 44.6 Å². The minimum Gasteiger partial charge on any atom is -0.454 e. The van der Waals surface area contributed by atoms with Crippen molar-refractivity contribution in [2.75, 3.05) is 6.79 Å². The van der Waals surface area contributed by atoms with E-state index in [0.29, 0.717) is 6.79 Å². The van der Waals surface area contributed by atoms with E-state index in [2.05, 4.69) is 19.6 Å².